The molecular weight excluding hydrogens is 214 g/mol. The first kappa shape index (κ1) is 11.1. The van der Waals surface area contributed by atoms with E-state index in [2.05, 4.69) is 42.6 Å². The lowest BCUT2D eigenvalue weighted by Crippen LogP contribution is -2.34. The van der Waals surface area contributed by atoms with Crippen molar-refractivity contribution in [1.82, 2.24) is 15.0 Å². The Bertz CT molecular complexity index is 510. The van der Waals surface area contributed by atoms with Crippen molar-refractivity contribution in [3.05, 3.63) is 36.9 Å². The highest BCUT2D eigenvalue weighted by atomic mass is 28.3. The van der Waals surface area contributed by atoms with Crippen molar-refractivity contribution in [3.63, 3.8) is 0 Å². The smallest absolute Gasteiger partial charge is 0.113 e. The SMILES string of the molecule is C=CC(n1nnc2ccccc21)[Si](C)(C)C. The van der Waals surface area contributed by atoms with Crippen molar-refractivity contribution in [2.75, 3.05) is 0 Å². The predicted molar refractivity (Wildman–Crippen MR) is 70.1 cm³/mol. The number of hydrogen-bond acceptors (Lipinski definition) is 2. The van der Waals surface area contributed by atoms with Crippen molar-refractivity contribution in [1.29, 1.82) is 0 Å². The van der Waals surface area contributed by atoms with Crippen LogP contribution in [0.3, 0.4) is 0 Å². The molecule has 0 spiro atoms. The van der Waals surface area contributed by atoms with Crippen molar-refractivity contribution in [2.24, 2.45) is 0 Å². The summed E-state index contributed by atoms with van der Waals surface area (Å²) in [4.78, 5) is 0. The molecule has 0 bridgehead atoms. The van der Waals surface area contributed by atoms with Crippen LogP contribution in [0.15, 0.2) is 36.9 Å². The minimum Gasteiger partial charge on any atom is -0.241 e. The van der Waals surface area contributed by atoms with E-state index in [1.807, 2.05) is 29.0 Å². The fourth-order valence-corrected chi connectivity index (χ4v) is 3.54. The molecule has 0 aliphatic carbocycles. The molecule has 4 heteroatoms. The second kappa shape index (κ2) is 3.86. The molecule has 0 fully saturated rings. The minimum atomic E-state index is -1.37. The lowest BCUT2D eigenvalue weighted by atomic mass is 10.3. The Hall–Kier alpha value is -1.42. The standard InChI is InChI=1S/C12H17N3Si/c1-5-12(16(2,3)4)15-11-9-7-6-8-10(11)13-14-15/h5-9,12H,1H2,2-4H3. The zero-order valence-corrected chi connectivity index (χ0v) is 11.0. The van der Waals surface area contributed by atoms with E-state index in [0.717, 1.165) is 11.0 Å². The van der Waals surface area contributed by atoms with Crippen molar-refractivity contribution < 1.29 is 0 Å². The van der Waals surface area contributed by atoms with E-state index in [0.29, 0.717) is 5.67 Å². The summed E-state index contributed by atoms with van der Waals surface area (Å²) in [6.45, 7) is 10.9. The largest absolute Gasteiger partial charge is 0.241 e. The quantitative estimate of drug-likeness (QED) is 0.600. The molecule has 1 atom stereocenters. The third-order valence-electron chi connectivity index (χ3n) is 2.75. The first-order valence-electron chi connectivity index (χ1n) is 5.46. The number of fused-ring (bicyclic) bond motifs is 1. The molecule has 0 saturated carbocycles. The molecule has 3 nitrogen and oxygen atoms in total. The van der Waals surface area contributed by atoms with Crippen LogP contribution in [0.4, 0.5) is 0 Å². The number of benzene rings is 1. The molecule has 84 valence electrons. The molecule has 1 aromatic carbocycles. The molecule has 0 aliphatic heterocycles. The van der Waals surface area contributed by atoms with Crippen LogP contribution in [-0.2, 0) is 0 Å². The van der Waals surface area contributed by atoms with E-state index in [1.165, 1.54) is 0 Å². The van der Waals surface area contributed by atoms with Gasteiger partial charge >= 0.3 is 0 Å². The third kappa shape index (κ3) is 1.80. The number of allylic oxidation sites excluding steroid dienone is 1. The number of hydrogen-bond donors (Lipinski definition) is 0. The van der Waals surface area contributed by atoms with Crippen LogP contribution >= 0.6 is 0 Å². The summed E-state index contributed by atoms with van der Waals surface area (Å²) in [7, 11) is -1.37. The lowest BCUT2D eigenvalue weighted by molar-refractivity contribution is 0.643. The minimum absolute atomic E-state index is 0.292. The van der Waals surface area contributed by atoms with Gasteiger partial charge in [0, 0.05) is 0 Å². The van der Waals surface area contributed by atoms with E-state index in [-0.39, 0.29) is 0 Å². The molecular formula is C12H17N3Si. The number of nitrogens with zero attached hydrogens (tertiary/aromatic N) is 3. The molecule has 1 unspecified atom stereocenters. The fraction of sp³-hybridized carbons (Fsp3) is 0.333. The molecule has 0 aliphatic rings. The molecule has 1 aromatic heterocycles. The van der Waals surface area contributed by atoms with E-state index in [1.54, 1.807) is 0 Å². The van der Waals surface area contributed by atoms with Crippen molar-refractivity contribution in [2.45, 2.75) is 25.3 Å². The molecule has 1 heterocycles. The van der Waals surface area contributed by atoms with E-state index in [9.17, 15) is 0 Å². The van der Waals surface area contributed by atoms with Crippen molar-refractivity contribution >= 4 is 19.1 Å². The Morgan fingerprint density at radius 2 is 2.00 bits per heavy atom. The summed E-state index contributed by atoms with van der Waals surface area (Å²) >= 11 is 0. The Kier molecular flexibility index (Phi) is 2.67. The summed E-state index contributed by atoms with van der Waals surface area (Å²) in [5, 5.41) is 8.45. The van der Waals surface area contributed by atoms with Gasteiger partial charge in [0.25, 0.3) is 0 Å². The highest BCUT2D eigenvalue weighted by Gasteiger charge is 2.27. The fourth-order valence-electron chi connectivity index (χ4n) is 1.91. The van der Waals surface area contributed by atoms with Gasteiger partial charge in [-0.2, -0.15) is 0 Å². The van der Waals surface area contributed by atoms with Crippen LogP contribution in [-0.4, -0.2) is 23.1 Å². The second-order valence-corrected chi connectivity index (χ2v) is 10.4. The monoisotopic (exact) mass is 231 g/mol. The molecule has 0 amide bonds. The first-order chi connectivity index (χ1) is 7.54. The van der Waals surface area contributed by atoms with Crippen LogP contribution in [0.1, 0.15) is 5.67 Å². The van der Waals surface area contributed by atoms with Gasteiger partial charge in [0.05, 0.1) is 19.3 Å². The van der Waals surface area contributed by atoms with Gasteiger partial charge in [0.1, 0.15) is 5.52 Å². The van der Waals surface area contributed by atoms with Crippen LogP contribution in [0.2, 0.25) is 19.6 Å². The maximum Gasteiger partial charge on any atom is 0.113 e. The summed E-state index contributed by atoms with van der Waals surface area (Å²) in [5.74, 6) is 0. The van der Waals surface area contributed by atoms with E-state index < -0.39 is 8.07 Å². The van der Waals surface area contributed by atoms with Gasteiger partial charge in [-0.15, -0.1) is 11.7 Å². The zero-order valence-electron chi connectivity index (χ0n) is 10.0. The highest BCUT2D eigenvalue weighted by Crippen LogP contribution is 2.24. The highest BCUT2D eigenvalue weighted by molar-refractivity contribution is 6.77. The van der Waals surface area contributed by atoms with Crippen molar-refractivity contribution in [3.8, 4) is 0 Å². The zero-order chi connectivity index (χ0) is 11.8. The van der Waals surface area contributed by atoms with Crippen LogP contribution in [0.25, 0.3) is 11.0 Å². The third-order valence-corrected chi connectivity index (χ3v) is 5.01. The van der Waals surface area contributed by atoms with Crippen LogP contribution in [0, 0.1) is 0 Å². The molecule has 2 rings (SSSR count). The summed E-state index contributed by atoms with van der Waals surface area (Å²) < 4.78 is 2.01. The maximum absolute atomic E-state index is 4.26. The van der Waals surface area contributed by atoms with Gasteiger partial charge in [0.15, 0.2) is 0 Å². The first-order valence-corrected chi connectivity index (χ1v) is 9.04. The Morgan fingerprint density at radius 3 is 2.62 bits per heavy atom. The van der Waals surface area contributed by atoms with Gasteiger partial charge in [0.2, 0.25) is 0 Å². The van der Waals surface area contributed by atoms with Gasteiger partial charge in [-0.05, 0) is 12.1 Å². The summed E-state index contributed by atoms with van der Waals surface area (Å²) in [6.07, 6.45) is 1.99. The Morgan fingerprint density at radius 1 is 1.31 bits per heavy atom. The van der Waals surface area contributed by atoms with E-state index in [4.69, 9.17) is 0 Å². The predicted octanol–water partition coefficient (Wildman–Crippen LogP) is 3.04. The van der Waals surface area contributed by atoms with Gasteiger partial charge < -0.3 is 0 Å². The number of rotatable bonds is 3. The number of aromatic nitrogens is 3. The molecule has 0 radical (unpaired) electrons. The number of para-hydroxylation sites is 1. The van der Waals surface area contributed by atoms with E-state index >= 15 is 0 Å². The Labute approximate surface area is 96.8 Å². The Balaban J connectivity index is 2.58. The molecule has 0 saturated heterocycles. The topological polar surface area (TPSA) is 30.7 Å². The average molecular weight is 231 g/mol. The van der Waals surface area contributed by atoms with Crippen LogP contribution < -0.4 is 0 Å². The van der Waals surface area contributed by atoms with Gasteiger partial charge in [-0.1, -0.05) is 43.1 Å². The maximum atomic E-state index is 4.26. The second-order valence-electron chi connectivity index (χ2n) is 5.07. The van der Waals surface area contributed by atoms with Gasteiger partial charge in [-0.25, -0.2) is 4.68 Å². The summed E-state index contributed by atoms with van der Waals surface area (Å²) in [6, 6.07) is 8.06. The van der Waals surface area contributed by atoms with Crippen LogP contribution in [0.5, 0.6) is 0 Å². The average Bonchev–Trinajstić information content (AvgIpc) is 2.61. The van der Waals surface area contributed by atoms with Gasteiger partial charge in [-0.3, -0.25) is 0 Å². The normalized spacial score (nSPS) is 13.9. The summed E-state index contributed by atoms with van der Waals surface area (Å²) in [5.41, 5.74) is 2.34. The molecule has 0 N–H and O–H groups in total. The lowest BCUT2D eigenvalue weighted by Gasteiger charge is -2.26. The molecule has 16 heavy (non-hydrogen) atoms. The molecule has 2 aromatic rings.